The fraction of sp³-hybridized carbons (Fsp3) is 0.786. The topological polar surface area (TPSA) is 77.9 Å². The molecule has 3 aliphatic rings. The van der Waals surface area contributed by atoms with E-state index in [-0.39, 0.29) is 36.9 Å². The van der Waals surface area contributed by atoms with Crippen LogP contribution < -0.4 is 0 Å². The van der Waals surface area contributed by atoms with Gasteiger partial charge in [0.25, 0.3) is 0 Å². The zero-order chi connectivity index (χ0) is 14.3. The number of likely N-dealkylation sites (tertiary alicyclic amines) is 1. The number of nitrogens with zero attached hydrogens (tertiary/aromatic N) is 2. The number of hydrogen-bond acceptors (Lipinski definition) is 4. The lowest BCUT2D eigenvalue weighted by Gasteiger charge is -2.27. The molecule has 0 radical (unpaired) electrons. The van der Waals surface area contributed by atoms with E-state index in [0.29, 0.717) is 0 Å². The van der Waals surface area contributed by atoms with Crippen molar-refractivity contribution in [2.45, 2.75) is 63.1 Å². The van der Waals surface area contributed by atoms with Crippen LogP contribution in [0.1, 0.15) is 44.9 Å². The maximum atomic E-state index is 12.5. The molecule has 3 rings (SSSR count). The van der Waals surface area contributed by atoms with Crippen LogP contribution in [0.4, 0.5) is 0 Å². The van der Waals surface area contributed by atoms with Crippen LogP contribution in [0.2, 0.25) is 0 Å². The zero-order valence-electron chi connectivity index (χ0n) is 11.5. The summed E-state index contributed by atoms with van der Waals surface area (Å²) in [7, 11) is 0. The van der Waals surface area contributed by atoms with Crippen LogP contribution in [0, 0.1) is 0 Å². The molecular weight excluding hydrogens is 260 g/mol. The number of imide groups is 1. The van der Waals surface area contributed by atoms with Crippen LogP contribution in [-0.4, -0.2) is 57.4 Å². The van der Waals surface area contributed by atoms with Gasteiger partial charge in [-0.3, -0.25) is 24.2 Å². The summed E-state index contributed by atoms with van der Waals surface area (Å²) in [6.07, 6.45) is 5.92. The Morgan fingerprint density at radius 2 is 1.85 bits per heavy atom. The number of carboxylic acids is 1. The van der Waals surface area contributed by atoms with Crippen molar-refractivity contribution in [1.29, 1.82) is 0 Å². The molecule has 3 fully saturated rings. The van der Waals surface area contributed by atoms with Gasteiger partial charge >= 0.3 is 5.97 Å². The van der Waals surface area contributed by atoms with Crippen molar-refractivity contribution in [3.8, 4) is 0 Å². The maximum Gasteiger partial charge on any atom is 0.317 e. The second-order valence-electron chi connectivity index (χ2n) is 6.06. The first-order valence-corrected chi connectivity index (χ1v) is 7.41. The van der Waals surface area contributed by atoms with Crippen molar-refractivity contribution in [2.75, 3.05) is 6.54 Å². The summed E-state index contributed by atoms with van der Waals surface area (Å²) < 4.78 is 0. The highest BCUT2D eigenvalue weighted by atomic mass is 16.4. The summed E-state index contributed by atoms with van der Waals surface area (Å²) >= 11 is 0. The third kappa shape index (κ3) is 2.44. The molecule has 0 bridgehead atoms. The number of aliphatic carboxylic acids is 1. The average Bonchev–Trinajstić information content (AvgIpc) is 3.01. The standard InChI is InChI=1S/C14H20N2O4/c17-12-7-11(15(8-13(18)19)9-5-6-9)14(20)16(12)10-3-1-2-4-10/h9-11H,1-8H2,(H,18,19). The van der Waals surface area contributed by atoms with Crippen molar-refractivity contribution in [2.24, 2.45) is 0 Å². The fourth-order valence-corrected chi connectivity index (χ4v) is 3.50. The molecule has 1 aliphatic heterocycles. The number of carboxylic acid groups (broad SMARTS) is 1. The second kappa shape index (κ2) is 5.16. The number of carbonyl (C=O) groups is 3. The fourth-order valence-electron chi connectivity index (χ4n) is 3.50. The Morgan fingerprint density at radius 3 is 2.40 bits per heavy atom. The van der Waals surface area contributed by atoms with Gasteiger partial charge in [-0.15, -0.1) is 0 Å². The molecular formula is C14H20N2O4. The predicted octanol–water partition coefficient (Wildman–Crippen LogP) is 0.605. The van der Waals surface area contributed by atoms with Crippen LogP contribution in [0.5, 0.6) is 0 Å². The Balaban J connectivity index is 1.75. The summed E-state index contributed by atoms with van der Waals surface area (Å²) in [6, 6.07) is -0.339. The van der Waals surface area contributed by atoms with Gasteiger partial charge < -0.3 is 5.11 Å². The van der Waals surface area contributed by atoms with Crippen LogP contribution >= 0.6 is 0 Å². The van der Waals surface area contributed by atoms with Crippen molar-refractivity contribution < 1.29 is 19.5 Å². The van der Waals surface area contributed by atoms with Crippen molar-refractivity contribution in [1.82, 2.24) is 9.80 Å². The largest absolute Gasteiger partial charge is 0.480 e. The highest BCUT2D eigenvalue weighted by Crippen LogP contribution is 2.34. The molecule has 2 amide bonds. The van der Waals surface area contributed by atoms with Crippen molar-refractivity contribution in [3.05, 3.63) is 0 Å². The summed E-state index contributed by atoms with van der Waals surface area (Å²) in [4.78, 5) is 38.8. The third-order valence-electron chi connectivity index (χ3n) is 4.58. The van der Waals surface area contributed by atoms with E-state index in [1.807, 2.05) is 0 Å². The van der Waals surface area contributed by atoms with E-state index in [0.717, 1.165) is 38.5 Å². The van der Waals surface area contributed by atoms with E-state index in [9.17, 15) is 14.4 Å². The minimum Gasteiger partial charge on any atom is -0.480 e. The Hall–Kier alpha value is -1.43. The number of amides is 2. The lowest BCUT2D eigenvalue weighted by molar-refractivity contribution is -0.143. The second-order valence-corrected chi connectivity index (χ2v) is 6.06. The highest BCUT2D eigenvalue weighted by Gasteiger charge is 2.48. The molecule has 110 valence electrons. The lowest BCUT2D eigenvalue weighted by Crippen LogP contribution is -2.47. The van der Waals surface area contributed by atoms with E-state index < -0.39 is 12.0 Å². The van der Waals surface area contributed by atoms with E-state index in [1.165, 1.54) is 4.90 Å². The average molecular weight is 280 g/mol. The predicted molar refractivity (Wildman–Crippen MR) is 69.9 cm³/mol. The summed E-state index contributed by atoms with van der Waals surface area (Å²) in [5.41, 5.74) is 0. The van der Waals surface area contributed by atoms with Gasteiger partial charge in [0.05, 0.1) is 19.0 Å². The minimum atomic E-state index is -0.934. The molecule has 6 heteroatoms. The summed E-state index contributed by atoms with van der Waals surface area (Å²) in [5, 5.41) is 9.00. The molecule has 2 aliphatic carbocycles. The molecule has 2 saturated carbocycles. The molecule has 0 aromatic rings. The van der Waals surface area contributed by atoms with E-state index in [2.05, 4.69) is 0 Å². The molecule has 0 spiro atoms. The number of carbonyl (C=O) groups excluding carboxylic acids is 2. The third-order valence-corrected chi connectivity index (χ3v) is 4.58. The lowest BCUT2D eigenvalue weighted by atomic mass is 10.2. The maximum absolute atomic E-state index is 12.5. The van der Waals surface area contributed by atoms with Crippen LogP contribution in [0.15, 0.2) is 0 Å². The molecule has 1 saturated heterocycles. The van der Waals surface area contributed by atoms with Gasteiger partial charge in [-0.05, 0) is 25.7 Å². The summed E-state index contributed by atoms with van der Waals surface area (Å²) in [5.74, 6) is -1.23. The first-order chi connectivity index (χ1) is 9.58. The van der Waals surface area contributed by atoms with Crippen molar-refractivity contribution >= 4 is 17.8 Å². The van der Waals surface area contributed by atoms with Crippen molar-refractivity contribution in [3.63, 3.8) is 0 Å². The van der Waals surface area contributed by atoms with Gasteiger partial charge in [-0.25, -0.2) is 0 Å². The van der Waals surface area contributed by atoms with E-state index >= 15 is 0 Å². The van der Waals surface area contributed by atoms with E-state index in [4.69, 9.17) is 5.11 Å². The van der Waals surface area contributed by atoms with Gasteiger partial charge in [-0.1, -0.05) is 12.8 Å². The molecule has 0 aromatic heterocycles. The minimum absolute atomic E-state index is 0.0471. The van der Waals surface area contributed by atoms with Gasteiger partial charge in [-0.2, -0.15) is 0 Å². The molecule has 0 aromatic carbocycles. The van der Waals surface area contributed by atoms with Gasteiger partial charge in [0.15, 0.2) is 0 Å². The quantitative estimate of drug-likeness (QED) is 0.746. The van der Waals surface area contributed by atoms with Crippen LogP contribution in [0.25, 0.3) is 0 Å². The molecule has 1 heterocycles. The zero-order valence-corrected chi connectivity index (χ0v) is 11.5. The normalized spacial score (nSPS) is 27.9. The first kappa shape index (κ1) is 13.5. The Morgan fingerprint density at radius 1 is 1.20 bits per heavy atom. The number of rotatable bonds is 5. The molecule has 1 N–H and O–H groups in total. The Labute approximate surface area is 117 Å². The Bertz CT molecular complexity index is 440. The van der Waals surface area contributed by atoms with Gasteiger partial charge in [0.1, 0.15) is 0 Å². The van der Waals surface area contributed by atoms with Gasteiger partial charge in [0, 0.05) is 12.1 Å². The first-order valence-electron chi connectivity index (χ1n) is 7.41. The molecule has 6 nitrogen and oxygen atoms in total. The highest BCUT2D eigenvalue weighted by molar-refractivity contribution is 6.06. The van der Waals surface area contributed by atoms with E-state index in [1.54, 1.807) is 4.90 Å². The smallest absolute Gasteiger partial charge is 0.317 e. The van der Waals surface area contributed by atoms with Gasteiger partial charge in [0.2, 0.25) is 11.8 Å². The molecule has 1 atom stereocenters. The monoisotopic (exact) mass is 280 g/mol. The Kier molecular flexibility index (Phi) is 3.50. The molecule has 1 unspecified atom stereocenters. The number of hydrogen-bond donors (Lipinski definition) is 1. The SMILES string of the molecule is O=C(O)CN(C1CC1)C1CC(=O)N(C2CCCC2)C1=O. The summed E-state index contributed by atoms with van der Waals surface area (Å²) in [6.45, 7) is -0.146. The van der Waals surface area contributed by atoms with Crippen LogP contribution in [0.3, 0.4) is 0 Å². The van der Waals surface area contributed by atoms with Crippen LogP contribution in [-0.2, 0) is 14.4 Å². The molecule has 20 heavy (non-hydrogen) atoms.